The molecule has 16 heavy (non-hydrogen) atoms. The zero-order valence-corrected chi connectivity index (χ0v) is 9.87. The molecule has 0 aromatic heterocycles. The van der Waals surface area contributed by atoms with Crippen LogP contribution in [0.25, 0.3) is 0 Å². The van der Waals surface area contributed by atoms with Gasteiger partial charge in [-0.2, -0.15) is 0 Å². The molecular formula is C12H21NO3. The lowest BCUT2D eigenvalue weighted by molar-refractivity contribution is -0.145. The van der Waals surface area contributed by atoms with E-state index in [0.29, 0.717) is 18.9 Å². The molecule has 0 aliphatic heterocycles. The van der Waals surface area contributed by atoms with E-state index in [1.54, 1.807) is 0 Å². The van der Waals surface area contributed by atoms with Crippen LogP contribution in [0.3, 0.4) is 0 Å². The first-order chi connectivity index (χ1) is 7.66. The van der Waals surface area contributed by atoms with Gasteiger partial charge < -0.3 is 9.84 Å². The maximum atomic E-state index is 11.4. The van der Waals surface area contributed by atoms with Crippen LogP contribution in [0, 0.1) is 0 Å². The molecule has 4 heteroatoms. The number of carbonyl (C=O) groups is 1. The molecule has 2 N–H and O–H groups in total. The Bertz CT molecular complexity index is 265. The summed E-state index contributed by atoms with van der Waals surface area (Å²) in [5.74, 6) is -0.706. The van der Waals surface area contributed by atoms with Crippen molar-refractivity contribution in [3.63, 3.8) is 0 Å². The molecule has 0 amide bonds. The summed E-state index contributed by atoms with van der Waals surface area (Å²) >= 11 is 0. The zero-order chi connectivity index (χ0) is 11.6. The van der Waals surface area contributed by atoms with Crippen LogP contribution in [0.15, 0.2) is 0 Å². The third-order valence-electron chi connectivity index (χ3n) is 3.49. The van der Waals surface area contributed by atoms with Gasteiger partial charge in [-0.1, -0.05) is 6.92 Å². The fraction of sp³-hybridized carbons (Fsp3) is 0.917. The highest BCUT2D eigenvalue weighted by molar-refractivity contribution is 5.79. The molecule has 0 aromatic rings. The molecule has 2 saturated carbocycles. The summed E-state index contributed by atoms with van der Waals surface area (Å²) in [6, 6.07) is 0.432. The lowest BCUT2D eigenvalue weighted by atomic mass is 9.97. The smallest absolute Gasteiger partial charge is 0.324 e. The predicted octanol–water partition coefficient (Wildman–Crippen LogP) is 1.54. The molecule has 92 valence electrons. The fourth-order valence-electron chi connectivity index (χ4n) is 2.43. The van der Waals surface area contributed by atoms with Crippen LogP contribution in [-0.2, 0) is 9.53 Å². The van der Waals surface area contributed by atoms with Crippen LogP contribution < -0.4 is 5.32 Å². The van der Waals surface area contributed by atoms with E-state index in [1.165, 1.54) is 0 Å². The Labute approximate surface area is 96.4 Å². The Morgan fingerprint density at radius 3 is 2.81 bits per heavy atom. The SMILES string of the molecule is CCCOC1CCC(NC2CC2)(C(=O)O)C1. The van der Waals surface area contributed by atoms with Gasteiger partial charge in [-0.3, -0.25) is 10.1 Å². The monoisotopic (exact) mass is 227 g/mol. The van der Waals surface area contributed by atoms with E-state index in [0.717, 1.165) is 32.3 Å². The second-order valence-corrected chi connectivity index (χ2v) is 5.04. The van der Waals surface area contributed by atoms with Crippen molar-refractivity contribution < 1.29 is 14.6 Å². The number of ether oxygens (including phenoxy) is 1. The van der Waals surface area contributed by atoms with Gasteiger partial charge >= 0.3 is 5.97 Å². The molecule has 4 nitrogen and oxygen atoms in total. The van der Waals surface area contributed by atoms with E-state index < -0.39 is 11.5 Å². The summed E-state index contributed by atoms with van der Waals surface area (Å²) in [6.45, 7) is 2.81. The van der Waals surface area contributed by atoms with Crippen molar-refractivity contribution in [1.82, 2.24) is 5.32 Å². The molecule has 2 unspecified atom stereocenters. The highest BCUT2D eigenvalue weighted by atomic mass is 16.5. The van der Waals surface area contributed by atoms with Crippen molar-refractivity contribution in [2.24, 2.45) is 0 Å². The minimum atomic E-state index is -0.709. The first-order valence-electron chi connectivity index (χ1n) is 6.29. The highest BCUT2D eigenvalue weighted by Crippen LogP contribution is 2.35. The number of carboxylic acids is 1. The van der Waals surface area contributed by atoms with E-state index in [4.69, 9.17) is 4.74 Å². The summed E-state index contributed by atoms with van der Waals surface area (Å²) in [5.41, 5.74) is -0.709. The van der Waals surface area contributed by atoms with Crippen molar-refractivity contribution in [1.29, 1.82) is 0 Å². The van der Waals surface area contributed by atoms with Crippen LogP contribution in [-0.4, -0.2) is 35.4 Å². The van der Waals surface area contributed by atoms with Gasteiger partial charge in [-0.05, 0) is 32.1 Å². The van der Waals surface area contributed by atoms with Crippen LogP contribution in [0.1, 0.15) is 45.4 Å². The summed E-state index contributed by atoms with van der Waals surface area (Å²) in [4.78, 5) is 11.4. The summed E-state index contributed by atoms with van der Waals surface area (Å²) in [5, 5.41) is 12.7. The maximum absolute atomic E-state index is 11.4. The van der Waals surface area contributed by atoms with E-state index in [1.807, 2.05) is 0 Å². The highest BCUT2D eigenvalue weighted by Gasteiger charge is 2.48. The van der Waals surface area contributed by atoms with Gasteiger partial charge in [0.2, 0.25) is 0 Å². The molecule has 0 aromatic carbocycles. The molecule has 0 radical (unpaired) electrons. The molecule has 2 atom stereocenters. The lowest BCUT2D eigenvalue weighted by Gasteiger charge is -2.26. The number of carboxylic acid groups (broad SMARTS) is 1. The van der Waals surface area contributed by atoms with E-state index in [2.05, 4.69) is 12.2 Å². The molecule has 0 spiro atoms. The summed E-state index contributed by atoms with van der Waals surface area (Å²) in [7, 11) is 0. The average Bonchev–Trinajstić information content (AvgIpc) is 2.95. The molecule has 2 aliphatic carbocycles. The van der Waals surface area contributed by atoms with E-state index in [9.17, 15) is 9.90 Å². The first-order valence-corrected chi connectivity index (χ1v) is 6.29. The number of rotatable bonds is 6. The minimum absolute atomic E-state index is 0.127. The molecule has 2 aliphatic rings. The third kappa shape index (κ3) is 2.55. The third-order valence-corrected chi connectivity index (χ3v) is 3.49. The van der Waals surface area contributed by atoms with Crippen LogP contribution in [0.4, 0.5) is 0 Å². The molecule has 0 saturated heterocycles. The maximum Gasteiger partial charge on any atom is 0.324 e. The standard InChI is InChI=1S/C12H21NO3/c1-2-7-16-10-5-6-12(8-10,11(14)15)13-9-3-4-9/h9-10,13H,2-8H2,1H3,(H,14,15). The van der Waals surface area contributed by atoms with Gasteiger partial charge in [0.1, 0.15) is 5.54 Å². The van der Waals surface area contributed by atoms with Crippen molar-refractivity contribution in [3.8, 4) is 0 Å². The molecular weight excluding hydrogens is 206 g/mol. The largest absolute Gasteiger partial charge is 0.480 e. The number of hydrogen-bond acceptors (Lipinski definition) is 3. The quantitative estimate of drug-likeness (QED) is 0.722. The Morgan fingerprint density at radius 2 is 2.25 bits per heavy atom. The summed E-state index contributed by atoms with van der Waals surface area (Å²) in [6.07, 6.45) is 5.55. The fourth-order valence-corrected chi connectivity index (χ4v) is 2.43. The van der Waals surface area contributed by atoms with Crippen LogP contribution >= 0.6 is 0 Å². The Balaban J connectivity index is 1.91. The second-order valence-electron chi connectivity index (χ2n) is 5.04. The van der Waals surface area contributed by atoms with Crippen molar-refractivity contribution >= 4 is 5.97 Å². The summed E-state index contributed by atoms with van der Waals surface area (Å²) < 4.78 is 5.66. The van der Waals surface area contributed by atoms with E-state index in [-0.39, 0.29) is 6.10 Å². The van der Waals surface area contributed by atoms with Gasteiger partial charge in [-0.15, -0.1) is 0 Å². The second kappa shape index (κ2) is 4.72. The molecule has 0 bridgehead atoms. The number of aliphatic carboxylic acids is 1. The lowest BCUT2D eigenvalue weighted by Crippen LogP contribution is -2.51. The first kappa shape index (κ1) is 11.9. The van der Waals surface area contributed by atoms with Crippen molar-refractivity contribution in [2.45, 2.75) is 63.1 Å². The average molecular weight is 227 g/mol. The van der Waals surface area contributed by atoms with Crippen molar-refractivity contribution in [2.75, 3.05) is 6.61 Å². The van der Waals surface area contributed by atoms with Gasteiger partial charge in [0.25, 0.3) is 0 Å². The molecule has 2 rings (SSSR count). The van der Waals surface area contributed by atoms with Crippen LogP contribution in [0.2, 0.25) is 0 Å². The Kier molecular flexibility index (Phi) is 3.50. The molecule has 0 heterocycles. The van der Waals surface area contributed by atoms with Crippen molar-refractivity contribution in [3.05, 3.63) is 0 Å². The topological polar surface area (TPSA) is 58.6 Å². The number of hydrogen-bond donors (Lipinski definition) is 2. The van der Waals surface area contributed by atoms with Gasteiger partial charge in [0.15, 0.2) is 0 Å². The normalized spacial score (nSPS) is 34.2. The number of nitrogens with one attached hydrogen (secondary N) is 1. The van der Waals surface area contributed by atoms with Gasteiger partial charge in [0, 0.05) is 19.1 Å². The minimum Gasteiger partial charge on any atom is -0.480 e. The zero-order valence-electron chi connectivity index (χ0n) is 9.87. The van der Waals surface area contributed by atoms with Gasteiger partial charge in [0.05, 0.1) is 6.10 Å². The Morgan fingerprint density at radius 1 is 1.50 bits per heavy atom. The predicted molar refractivity (Wildman–Crippen MR) is 60.4 cm³/mol. The van der Waals surface area contributed by atoms with Gasteiger partial charge in [-0.25, -0.2) is 0 Å². The van der Waals surface area contributed by atoms with E-state index >= 15 is 0 Å². The van der Waals surface area contributed by atoms with Crippen LogP contribution in [0.5, 0.6) is 0 Å². The Hall–Kier alpha value is -0.610. The molecule has 2 fully saturated rings.